The molecule has 0 unspecified atom stereocenters. The highest BCUT2D eigenvalue weighted by Gasteiger charge is 2.08. The molecule has 0 amide bonds. The molecule has 0 atom stereocenters. The molecule has 3 aromatic rings. The fraction of sp³-hybridized carbons (Fsp3) is 0.278. The molecule has 0 radical (unpaired) electrons. The van der Waals surface area contributed by atoms with Crippen molar-refractivity contribution in [2.45, 2.75) is 19.4 Å². The predicted octanol–water partition coefficient (Wildman–Crippen LogP) is 2.79. The highest BCUT2D eigenvalue weighted by Crippen LogP contribution is 2.19. The minimum atomic E-state index is -0.439. The van der Waals surface area contributed by atoms with E-state index in [2.05, 4.69) is 10.3 Å². The van der Waals surface area contributed by atoms with Crippen molar-refractivity contribution >= 4 is 17.0 Å². The Kier molecular flexibility index (Phi) is 4.92. The molecule has 0 saturated carbocycles. The van der Waals surface area contributed by atoms with Gasteiger partial charge in [-0.1, -0.05) is 17.3 Å². The third-order valence-electron chi connectivity index (χ3n) is 3.91. The van der Waals surface area contributed by atoms with Gasteiger partial charge in [0.1, 0.15) is 12.1 Å². The third kappa shape index (κ3) is 3.93. The quantitative estimate of drug-likeness (QED) is 0.644. The molecule has 0 aliphatic carbocycles. The van der Waals surface area contributed by atoms with Gasteiger partial charge < -0.3 is 9.47 Å². The lowest BCUT2D eigenvalue weighted by atomic mass is 10.1. The summed E-state index contributed by atoms with van der Waals surface area (Å²) in [5.74, 6) is -0.591. The average molecular weight is 343 g/mol. The molecule has 25 heavy (non-hydrogen) atoms. The summed E-state index contributed by atoms with van der Waals surface area (Å²) in [6.45, 7) is 0.169. The first-order valence-corrected chi connectivity index (χ1v) is 7.83. The van der Waals surface area contributed by atoms with E-state index in [1.807, 2.05) is 25.2 Å². The number of ether oxygens (including phenoxy) is 2. The van der Waals surface area contributed by atoms with Gasteiger partial charge in [-0.15, -0.1) is 5.10 Å². The Balaban J connectivity index is 1.52. The lowest BCUT2D eigenvalue weighted by Crippen LogP contribution is -2.06. The largest absolute Gasteiger partial charge is 0.494 e. The van der Waals surface area contributed by atoms with Crippen molar-refractivity contribution in [3.8, 4) is 5.75 Å². The number of aryl methyl sites for hydroxylation is 2. The molecule has 7 heteroatoms. The molecule has 0 spiro atoms. The molecule has 1 aromatic heterocycles. The van der Waals surface area contributed by atoms with Gasteiger partial charge in [0.2, 0.25) is 0 Å². The molecular weight excluding hydrogens is 325 g/mol. The van der Waals surface area contributed by atoms with E-state index in [0.29, 0.717) is 6.42 Å². The van der Waals surface area contributed by atoms with Gasteiger partial charge >= 0.3 is 5.97 Å². The molecule has 1 heterocycles. The predicted molar refractivity (Wildman–Crippen MR) is 89.6 cm³/mol. The Morgan fingerprint density at radius 1 is 1.20 bits per heavy atom. The molecule has 0 saturated heterocycles. The summed E-state index contributed by atoms with van der Waals surface area (Å²) in [5, 5.41) is 7.96. The van der Waals surface area contributed by atoms with Gasteiger partial charge in [-0.25, -0.2) is 9.07 Å². The monoisotopic (exact) mass is 343 g/mol. The zero-order chi connectivity index (χ0) is 17.8. The molecule has 0 aliphatic rings. The number of esters is 1. The summed E-state index contributed by atoms with van der Waals surface area (Å²) >= 11 is 0. The SMILES string of the molecule is COc1ccc(CCC(=O)OCc2ccc3c(c2)nnn3C)cc1F. The van der Waals surface area contributed by atoms with Crippen molar-refractivity contribution < 1.29 is 18.7 Å². The standard InChI is InChI=1S/C18H18FN3O3/c1-22-16-6-3-13(10-15(16)20-21-22)11-25-18(23)8-5-12-4-7-17(24-2)14(19)9-12/h3-4,6-7,9-10H,5,8,11H2,1-2H3. The fourth-order valence-corrected chi connectivity index (χ4v) is 2.52. The van der Waals surface area contributed by atoms with Crippen LogP contribution in [0.15, 0.2) is 36.4 Å². The van der Waals surface area contributed by atoms with Gasteiger partial charge in [0.05, 0.1) is 12.6 Å². The molecule has 6 nitrogen and oxygen atoms in total. The number of carbonyl (C=O) groups excluding carboxylic acids is 1. The summed E-state index contributed by atoms with van der Waals surface area (Å²) in [6, 6.07) is 10.3. The van der Waals surface area contributed by atoms with Gasteiger partial charge in [-0.2, -0.15) is 0 Å². The average Bonchev–Trinajstić information content (AvgIpc) is 2.99. The smallest absolute Gasteiger partial charge is 0.306 e. The lowest BCUT2D eigenvalue weighted by molar-refractivity contribution is -0.144. The van der Waals surface area contributed by atoms with Crippen LogP contribution in [0.5, 0.6) is 5.75 Å². The molecule has 0 fully saturated rings. The van der Waals surface area contributed by atoms with E-state index in [0.717, 1.165) is 22.2 Å². The number of halogens is 1. The molecule has 2 aromatic carbocycles. The Labute approximate surface area is 144 Å². The minimum absolute atomic E-state index is 0.169. The van der Waals surface area contributed by atoms with Crippen molar-refractivity contribution in [3.63, 3.8) is 0 Å². The number of fused-ring (bicyclic) bond motifs is 1. The maximum Gasteiger partial charge on any atom is 0.306 e. The van der Waals surface area contributed by atoms with E-state index < -0.39 is 5.82 Å². The van der Waals surface area contributed by atoms with Gasteiger partial charge in [-0.05, 0) is 41.8 Å². The van der Waals surface area contributed by atoms with E-state index in [1.165, 1.54) is 13.2 Å². The van der Waals surface area contributed by atoms with Crippen molar-refractivity contribution in [2.75, 3.05) is 7.11 Å². The topological polar surface area (TPSA) is 66.2 Å². The number of carbonyl (C=O) groups is 1. The molecule has 3 rings (SSSR count). The second-order valence-corrected chi connectivity index (χ2v) is 5.67. The Bertz CT molecular complexity index is 908. The number of benzene rings is 2. The van der Waals surface area contributed by atoms with Gasteiger partial charge in [0, 0.05) is 13.5 Å². The summed E-state index contributed by atoms with van der Waals surface area (Å²) < 4.78 is 25.4. The van der Waals surface area contributed by atoms with Crippen LogP contribution in [0.25, 0.3) is 11.0 Å². The van der Waals surface area contributed by atoms with E-state index in [1.54, 1.807) is 16.8 Å². The minimum Gasteiger partial charge on any atom is -0.494 e. The first-order chi connectivity index (χ1) is 12.1. The number of hydrogen-bond acceptors (Lipinski definition) is 5. The van der Waals surface area contributed by atoms with Crippen molar-refractivity contribution in [2.24, 2.45) is 7.05 Å². The maximum absolute atomic E-state index is 13.6. The van der Waals surface area contributed by atoms with Crippen LogP contribution in [0.1, 0.15) is 17.5 Å². The summed E-state index contributed by atoms with van der Waals surface area (Å²) in [5.41, 5.74) is 3.23. The van der Waals surface area contributed by atoms with E-state index in [4.69, 9.17) is 9.47 Å². The number of aromatic nitrogens is 3. The number of methoxy groups -OCH3 is 1. The van der Waals surface area contributed by atoms with Crippen molar-refractivity contribution in [1.82, 2.24) is 15.0 Å². The van der Waals surface area contributed by atoms with E-state index >= 15 is 0 Å². The zero-order valence-corrected chi connectivity index (χ0v) is 14.0. The number of rotatable bonds is 6. The molecule has 0 bridgehead atoms. The van der Waals surface area contributed by atoms with Crippen LogP contribution >= 0.6 is 0 Å². The zero-order valence-electron chi connectivity index (χ0n) is 14.0. The second kappa shape index (κ2) is 7.29. The number of hydrogen-bond donors (Lipinski definition) is 0. The summed E-state index contributed by atoms with van der Waals surface area (Å²) in [4.78, 5) is 11.9. The van der Waals surface area contributed by atoms with Crippen molar-refractivity contribution in [3.05, 3.63) is 53.3 Å². The molecule has 0 N–H and O–H groups in total. The first kappa shape index (κ1) is 16.9. The third-order valence-corrected chi connectivity index (χ3v) is 3.91. The van der Waals surface area contributed by atoms with E-state index in [9.17, 15) is 9.18 Å². The maximum atomic E-state index is 13.6. The molecule has 0 aliphatic heterocycles. The number of nitrogens with zero attached hydrogens (tertiary/aromatic N) is 3. The van der Waals surface area contributed by atoms with Gasteiger partial charge in [0.25, 0.3) is 0 Å². The summed E-state index contributed by atoms with van der Waals surface area (Å²) in [7, 11) is 3.23. The van der Waals surface area contributed by atoms with Gasteiger partial charge in [-0.3, -0.25) is 4.79 Å². The second-order valence-electron chi connectivity index (χ2n) is 5.67. The fourth-order valence-electron chi connectivity index (χ4n) is 2.52. The summed E-state index contributed by atoms with van der Waals surface area (Å²) in [6.07, 6.45) is 0.585. The van der Waals surface area contributed by atoms with Crippen LogP contribution in [0.2, 0.25) is 0 Å². The van der Waals surface area contributed by atoms with Crippen LogP contribution in [-0.4, -0.2) is 28.1 Å². The van der Waals surface area contributed by atoms with Crippen LogP contribution in [0.4, 0.5) is 4.39 Å². The lowest BCUT2D eigenvalue weighted by Gasteiger charge is -2.07. The highest BCUT2D eigenvalue weighted by molar-refractivity contribution is 5.75. The molecular formula is C18H18FN3O3. The first-order valence-electron chi connectivity index (χ1n) is 7.83. The van der Waals surface area contributed by atoms with Crippen LogP contribution < -0.4 is 4.74 Å². The Morgan fingerprint density at radius 2 is 2.00 bits per heavy atom. The van der Waals surface area contributed by atoms with Gasteiger partial charge in [0.15, 0.2) is 11.6 Å². The van der Waals surface area contributed by atoms with Crippen molar-refractivity contribution in [1.29, 1.82) is 0 Å². The normalized spacial score (nSPS) is 10.8. The van der Waals surface area contributed by atoms with Crippen LogP contribution in [0.3, 0.4) is 0 Å². The molecule has 130 valence electrons. The van der Waals surface area contributed by atoms with Crippen LogP contribution in [0, 0.1) is 5.82 Å². The van der Waals surface area contributed by atoms with E-state index in [-0.39, 0.29) is 24.7 Å². The Hall–Kier alpha value is -2.96. The van der Waals surface area contributed by atoms with Crippen LogP contribution in [-0.2, 0) is 29.6 Å². The Morgan fingerprint density at radius 3 is 2.76 bits per heavy atom. The highest BCUT2D eigenvalue weighted by atomic mass is 19.1.